The van der Waals surface area contributed by atoms with Crippen molar-refractivity contribution in [1.82, 2.24) is 5.32 Å². The van der Waals surface area contributed by atoms with E-state index in [4.69, 9.17) is 16.3 Å². The molecule has 1 aromatic carbocycles. The minimum Gasteiger partial charge on any atom is -0.444 e. The van der Waals surface area contributed by atoms with Crippen molar-refractivity contribution in [2.75, 3.05) is 11.9 Å². The van der Waals surface area contributed by atoms with Crippen LogP contribution < -0.4 is 10.6 Å². The molecule has 0 saturated heterocycles. The van der Waals surface area contributed by atoms with Crippen LogP contribution in [0.3, 0.4) is 0 Å². The van der Waals surface area contributed by atoms with E-state index in [0.717, 1.165) is 5.56 Å². The zero-order valence-electron chi connectivity index (χ0n) is 12.0. The zero-order valence-corrected chi connectivity index (χ0v) is 12.8. The molecule has 0 aliphatic heterocycles. The van der Waals surface area contributed by atoms with Gasteiger partial charge in [0.25, 0.3) is 0 Å². The molecule has 0 bridgehead atoms. The SMILES string of the molecule is Cc1cc(Cl)ccc1NC(=O)CNC(=O)OC(C)(C)C. The minimum absolute atomic E-state index is 0.156. The van der Waals surface area contributed by atoms with Crippen molar-refractivity contribution < 1.29 is 14.3 Å². The Labute approximate surface area is 123 Å². The van der Waals surface area contributed by atoms with E-state index in [9.17, 15) is 9.59 Å². The molecule has 2 amide bonds. The number of aryl methyl sites for hydroxylation is 1. The van der Waals surface area contributed by atoms with E-state index in [2.05, 4.69) is 10.6 Å². The summed E-state index contributed by atoms with van der Waals surface area (Å²) in [7, 11) is 0. The van der Waals surface area contributed by atoms with Crippen molar-refractivity contribution in [3.05, 3.63) is 28.8 Å². The standard InChI is InChI=1S/C14H19ClN2O3/c1-9-7-10(15)5-6-11(9)17-12(18)8-16-13(19)20-14(2,3)4/h5-7H,8H2,1-4H3,(H,16,19)(H,17,18). The van der Waals surface area contributed by atoms with Gasteiger partial charge in [0.1, 0.15) is 12.1 Å². The number of amides is 2. The largest absolute Gasteiger partial charge is 0.444 e. The van der Waals surface area contributed by atoms with Gasteiger partial charge in [-0.25, -0.2) is 4.79 Å². The number of anilines is 1. The first-order valence-electron chi connectivity index (χ1n) is 6.20. The quantitative estimate of drug-likeness (QED) is 0.901. The number of carbonyl (C=O) groups excluding carboxylic acids is 2. The summed E-state index contributed by atoms with van der Waals surface area (Å²) in [5.74, 6) is -0.332. The molecule has 0 aliphatic rings. The molecule has 0 atom stereocenters. The number of carbonyl (C=O) groups is 2. The molecule has 0 unspecified atom stereocenters. The molecule has 20 heavy (non-hydrogen) atoms. The monoisotopic (exact) mass is 298 g/mol. The van der Waals surface area contributed by atoms with Crippen LogP contribution in [0.1, 0.15) is 26.3 Å². The Bertz CT molecular complexity index is 510. The smallest absolute Gasteiger partial charge is 0.408 e. The summed E-state index contributed by atoms with van der Waals surface area (Å²) in [6.45, 7) is 6.94. The molecule has 0 aromatic heterocycles. The second kappa shape index (κ2) is 6.61. The number of rotatable bonds is 3. The zero-order chi connectivity index (χ0) is 15.3. The second-order valence-corrected chi connectivity index (χ2v) is 5.80. The van der Waals surface area contributed by atoms with Crippen LogP contribution >= 0.6 is 11.6 Å². The Morgan fingerprint density at radius 3 is 2.50 bits per heavy atom. The molecular formula is C14H19ClN2O3. The van der Waals surface area contributed by atoms with E-state index in [-0.39, 0.29) is 12.5 Å². The van der Waals surface area contributed by atoms with E-state index in [1.807, 2.05) is 6.92 Å². The predicted molar refractivity (Wildman–Crippen MR) is 79.1 cm³/mol. The Balaban J connectivity index is 2.46. The molecule has 1 aromatic rings. The molecule has 5 nitrogen and oxygen atoms in total. The fraction of sp³-hybridized carbons (Fsp3) is 0.429. The van der Waals surface area contributed by atoms with E-state index in [1.165, 1.54) is 0 Å². The minimum atomic E-state index is -0.625. The average Bonchev–Trinajstić information content (AvgIpc) is 2.28. The molecule has 0 spiro atoms. The Kier molecular flexibility index (Phi) is 5.39. The van der Waals surface area contributed by atoms with Gasteiger partial charge in [0.05, 0.1) is 0 Å². The van der Waals surface area contributed by atoms with E-state index < -0.39 is 11.7 Å². The van der Waals surface area contributed by atoms with Crippen molar-refractivity contribution >= 4 is 29.3 Å². The van der Waals surface area contributed by atoms with Crippen LogP contribution in [-0.2, 0) is 9.53 Å². The van der Waals surface area contributed by atoms with Gasteiger partial charge in [0.2, 0.25) is 5.91 Å². The third-order valence-electron chi connectivity index (χ3n) is 2.25. The summed E-state index contributed by atoms with van der Waals surface area (Å²) in [5.41, 5.74) is 0.918. The fourth-order valence-electron chi connectivity index (χ4n) is 1.43. The van der Waals surface area contributed by atoms with E-state index in [0.29, 0.717) is 10.7 Å². The lowest BCUT2D eigenvalue weighted by molar-refractivity contribution is -0.115. The first-order valence-corrected chi connectivity index (χ1v) is 6.58. The number of halogens is 1. The van der Waals surface area contributed by atoms with Crippen molar-refractivity contribution in [2.45, 2.75) is 33.3 Å². The van der Waals surface area contributed by atoms with Crippen LogP contribution in [0.4, 0.5) is 10.5 Å². The number of nitrogens with one attached hydrogen (secondary N) is 2. The molecule has 0 radical (unpaired) electrons. The summed E-state index contributed by atoms with van der Waals surface area (Å²) < 4.78 is 5.03. The van der Waals surface area contributed by atoms with Gasteiger partial charge in [0, 0.05) is 10.7 Å². The third-order valence-corrected chi connectivity index (χ3v) is 2.49. The molecule has 110 valence electrons. The molecule has 0 saturated carbocycles. The third kappa shape index (κ3) is 5.93. The van der Waals surface area contributed by atoms with Gasteiger partial charge in [0.15, 0.2) is 0 Å². The first-order chi connectivity index (χ1) is 9.17. The Morgan fingerprint density at radius 1 is 1.30 bits per heavy atom. The lowest BCUT2D eigenvalue weighted by atomic mass is 10.2. The highest BCUT2D eigenvalue weighted by molar-refractivity contribution is 6.30. The lowest BCUT2D eigenvalue weighted by Gasteiger charge is -2.19. The molecular weight excluding hydrogens is 280 g/mol. The summed E-state index contributed by atoms with van der Waals surface area (Å²) in [5, 5.41) is 5.68. The summed E-state index contributed by atoms with van der Waals surface area (Å²) in [6, 6.07) is 5.15. The van der Waals surface area contributed by atoms with Crippen LogP contribution in [0, 0.1) is 6.92 Å². The maximum absolute atomic E-state index is 11.7. The van der Waals surface area contributed by atoms with Gasteiger partial charge < -0.3 is 15.4 Å². The number of hydrogen-bond acceptors (Lipinski definition) is 3. The molecule has 0 heterocycles. The highest BCUT2D eigenvalue weighted by Crippen LogP contribution is 2.19. The lowest BCUT2D eigenvalue weighted by Crippen LogP contribution is -2.37. The van der Waals surface area contributed by atoms with Crippen molar-refractivity contribution in [1.29, 1.82) is 0 Å². The maximum atomic E-state index is 11.7. The molecule has 6 heteroatoms. The van der Waals surface area contributed by atoms with Crippen LogP contribution in [0.2, 0.25) is 5.02 Å². The molecule has 1 rings (SSSR count). The van der Waals surface area contributed by atoms with Gasteiger partial charge in [-0.15, -0.1) is 0 Å². The molecule has 0 fully saturated rings. The average molecular weight is 299 g/mol. The summed E-state index contributed by atoms with van der Waals surface area (Å²) >= 11 is 5.83. The predicted octanol–water partition coefficient (Wildman–Crippen LogP) is 3.11. The number of ether oxygens (including phenoxy) is 1. The van der Waals surface area contributed by atoms with Gasteiger partial charge in [-0.3, -0.25) is 4.79 Å². The van der Waals surface area contributed by atoms with Crippen LogP contribution in [-0.4, -0.2) is 24.1 Å². The van der Waals surface area contributed by atoms with Crippen molar-refractivity contribution in [3.63, 3.8) is 0 Å². The van der Waals surface area contributed by atoms with Crippen LogP contribution in [0.25, 0.3) is 0 Å². The second-order valence-electron chi connectivity index (χ2n) is 5.36. The summed E-state index contributed by atoms with van der Waals surface area (Å²) in [4.78, 5) is 23.1. The topological polar surface area (TPSA) is 67.4 Å². The number of alkyl carbamates (subject to hydrolysis) is 1. The normalized spacial score (nSPS) is 10.8. The Hall–Kier alpha value is -1.75. The highest BCUT2D eigenvalue weighted by atomic mass is 35.5. The summed E-state index contributed by atoms with van der Waals surface area (Å²) in [6.07, 6.45) is -0.625. The van der Waals surface area contributed by atoms with Gasteiger partial charge in [-0.1, -0.05) is 11.6 Å². The van der Waals surface area contributed by atoms with Gasteiger partial charge in [-0.05, 0) is 51.5 Å². The van der Waals surface area contributed by atoms with Crippen molar-refractivity contribution in [3.8, 4) is 0 Å². The molecule has 2 N–H and O–H groups in total. The number of benzene rings is 1. The van der Waals surface area contributed by atoms with Crippen LogP contribution in [0.15, 0.2) is 18.2 Å². The fourth-order valence-corrected chi connectivity index (χ4v) is 1.66. The maximum Gasteiger partial charge on any atom is 0.408 e. The van der Waals surface area contributed by atoms with Gasteiger partial charge in [-0.2, -0.15) is 0 Å². The Morgan fingerprint density at radius 2 is 1.95 bits per heavy atom. The number of hydrogen-bond donors (Lipinski definition) is 2. The van der Waals surface area contributed by atoms with E-state index in [1.54, 1.807) is 39.0 Å². The van der Waals surface area contributed by atoms with Crippen LogP contribution in [0.5, 0.6) is 0 Å². The van der Waals surface area contributed by atoms with Crippen molar-refractivity contribution in [2.24, 2.45) is 0 Å². The highest BCUT2D eigenvalue weighted by Gasteiger charge is 2.16. The molecule has 0 aliphatic carbocycles. The van der Waals surface area contributed by atoms with Gasteiger partial charge >= 0.3 is 6.09 Å². The first kappa shape index (κ1) is 16.3. The van der Waals surface area contributed by atoms with E-state index >= 15 is 0 Å².